The van der Waals surface area contributed by atoms with Crippen molar-refractivity contribution in [2.45, 2.75) is 13.8 Å². The number of aryl methyl sites for hydroxylation is 2. The van der Waals surface area contributed by atoms with E-state index in [2.05, 4.69) is 21.5 Å². The average molecular weight is 296 g/mol. The number of hydrogen-bond acceptors (Lipinski definition) is 2. The molecule has 0 amide bonds. The number of benzene rings is 2. The maximum absolute atomic E-state index is 14.0. The summed E-state index contributed by atoms with van der Waals surface area (Å²) in [4.78, 5) is 3.35. The Bertz CT molecular complexity index is 981. The van der Waals surface area contributed by atoms with Crippen molar-refractivity contribution < 1.29 is 4.39 Å². The molecule has 21 heavy (non-hydrogen) atoms. The van der Waals surface area contributed by atoms with Gasteiger partial charge >= 0.3 is 0 Å². The Kier molecular flexibility index (Phi) is 2.62. The van der Waals surface area contributed by atoms with Crippen LogP contribution in [0.4, 0.5) is 4.39 Å². The van der Waals surface area contributed by atoms with Crippen molar-refractivity contribution >= 4 is 32.5 Å². The molecule has 1 N–H and O–H groups in total. The van der Waals surface area contributed by atoms with E-state index in [9.17, 15) is 4.39 Å². The Labute approximate surface area is 125 Å². The van der Waals surface area contributed by atoms with Crippen LogP contribution in [0.3, 0.4) is 0 Å². The van der Waals surface area contributed by atoms with Crippen LogP contribution in [-0.4, -0.2) is 9.36 Å². The SMILES string of the molecule is Cc1[nH]c2ccc(F)c(C)c2c1-c1nsc2ccccc12. The third-order valence-corrected chi connectivity index (χ3v) is 4.79. The number of hydrogen-bond donors (Lipinski definition) is 1. The van der Waals surface area contributed by atoms with Crippen molar-refractivity contribution in [2.75, 3.05) is 0 Å². The minimum atomic E-state index is -0.178. The molecule has 2 aromatic heterocycles. The molecule has 0 aliphatic rings. The molecule has 0 aliphatic heterocycles. The molecular formula is C17H13FN2S. The van der Waals surface area contributed by atoms with Crippen molar-refractivity contribution in [3.63, 3.8) is 0 Å². The summed E-state index contributed by atoms with van der Waals surface area (Å²) in [5, 5.41) is 2.05. The minimum Gasteiger partial charge on any atom is -0.358 e. The van der Waals surface area contributed by atoms with Crippen LogP contribution in [0.1, 0.15) is 11.3 Å². The highest BCUT2D eigenvalue weighted by Crippen LogP contribution is 2.39. The normalized spacial score (nSPS) is 11.6. The number of aromatic nitrogens is 2. The van der Waals surface area contributed by atoms with Crippen LogP contribution in [0.15, 0.2) is 36.4 Å². The number of fused-ring (bicyclic) bond motifs is 2. The van der Waals surface area contributed by atoms with Crippen LogP contribution in [0.2, 0.25) is 0 Å². The maximum Gasteiger partial charge on any atom is 0.126 e. The van der Waals surface area contributed by atoms with Gasteiger partial charge in [-0.25, -0.2) is 4.39 Å². The van der Waals surface area contributed by atoms with Gasteiger partial charge in [-0.1, -0.05) is 18.2 Å². The number of rotatable bonds is 1. The molecule has 2 aromatic carbocycles. The molecule has 0 saturated heterocycles. The van der Waals surface area contributed by atoms with Gasteiger partial charge in [-0.05, 0) is 49.1 Å². The summed E-state index contributed by atoms with van der Waals surface area (Å²) in [5.41, 5.74) is 4.60. The van der Waals surface area contributed by atoms with E-state index in [0.29, 0.717) is 5.56 Å². The molecular weight excluding hydrogens is 283 g/mol. The topological polar surface area (TPSA) is 28.7 Å². The zero-order valence-corrected chi connectivity index (χ0v) is 12.5. The fraction of sp³-hybridized carbons (Fsp3) is 0.118. The molecule has 4 heteroatoms. The molecule has 0 aliphatic carbocycles. The second-order valence-electron chi connectivity index (χ2n) is 5.25. The van der Waals surface area contributed by atoms with E-state index in [1.807, 2.05) is 26.0 Å². The standard InChI is InChI=1S/C17H13FN2S/c1-9-12(18)7-8-13-15(9)16(10(2)19-13)17-11-5-3-4-6-14(11)21-20-17/h3-8,19H,1-2H3. The van der Waals surface area contributed by atoms with Gasteiger partial charge in [0.25, 0.3) is 0 Å². The van der Waals surface area contributed by atoms with Gasteiger partial charge in [-0.15, -0.1) is 0 Å². The molecule has 4 aromatic rings. The summed E-state index contributed by atoms with van der Waals surface area (Å²) in [6.07, 6.45) is 0. The molecule has 0 bridgehead atoms. The number of aromatic amines is 1. The third-order valence-electron chi connectivity index (χ3n) is 3.96. The van der Waals surface area contributed by atoms with Gasteiger partial charge < -0.3 is 4.98 Å². The molecule has 0 atom stereocenters. The Morgan fingerprint density at radius 1 is 1.10 bits per heavy atom. The molecule has 0 fully saturated rings. The van der Waals surface area contributed by atoms with Crippen LogP contribution >= 0.6 is 11.5 Å². The van der Waals surface area contributed by atoms with E-state index in [4.69, 9.17) is 0 Å². The summed E-state index contributed by atoms with van der Waals surface area (Å²) in [7, 11) is 0. The van der Waals surface area contributed by atoms with Crippen molar-refractivity contribution in [1.29, 1.82) is 0 Å². The highest BCUT2D eigenvalue weighted by atomic mass is 32.1. The van der Waals surface area contributed by atoms with E-state index in [1.165, 1.54) is 17.6 Å². The minimum absolute atomic E-state index is 0.178. The van der Waals surface area contributed by atoms with Gasteiger partial charge in [0.2, 0.25) is 0 Å². The van der Waals surface area contributed by atoms with Crippen LogP contribution in [0.5, 0.6) is 0 Å². The van der Waals surface area contributed by atoms with Gasteiger partial charge in [0.05, 0.1) is 10.4 Å². The molecule has 0 radical (unpaired) electrons. The van der Waals surface area contributed by atoms with Gasteiger partial charge in [0.1, 0.15) is 5.82 Å². The Morgan fingerprint density at radius 3 is 2.76 bits per heavy atom. The zero-order chi connectivity index (χ0) is 14.6. The van der Waals surface area contributed by atoms with Gasteiger partial charge in [0, 0.05) is 27.5 Å². The lowest BCUT2D eigenvalue weighted by molar-refractivity contribution is 0.621. The van der Waals surface area contributed by atoms with Crippen molar-refractivity contribution in [3.8, 4) is 11.3 Å². The largest absolute Gasteiger partial charge is 0.358 e. The second-order valence-corrected chi connectivity index (χ2v) is 6.05. The lowest BCUT2D eigenvalue weighted by Gasteiger charge is -2.03. The van der Waals surface area contributed by atoms with Crippen molar-refractivity contribution in [3.05, 3.63) is 53.5 Å². The smallest absolute Gasteiger partial charge is 0.126 e. The van der Waals surface area contributed by atoms with Gasteiger partial charge in [0.15, 0.2) is 0 Å². The van der Waals surface area contributed by atoms with Crippen LogP contribution in [0, 0.1) is 19.7 Å². The molecule has 2 nitrogen and oxygen atoms in total. The van der Waals surface area contributed by atoms with Crippen LogP contribution < -0.4 is 0 Å². The summed E-state index contributed by atoms with van der Waals surface area (Å²) in [5.74, 6) is -0.178. The van der Waals surface area contributed by atoms with E-state index < -0.39 is 0 Å². The number of nitrogens with one attached hydrogen (secondary N) is 1. The Hall–Kier alpha value is -2.20. The fourth-order valence-electron chi connectivity index (χ4n) is 2.93. The molecule has 2 heterocycles. The first kappa shape index (κ1) is 12.5. The van der Waals surface area contributed by atoms with E-state index in [0.717, 1.165) is 37.9 Å². The lowest BCUT2D eigenvalue weighted by Crippen LogP contribution is -1.85. The Balaban J connectivity index is 2.15. The zero-order valence-electron chi connectivity index (χ0n) is 11.7. The number of nitrogens with zero attached hydrogens (tertiary/aromatic N) is 1. The van der Waals surface area contributed by atoms with E-state index >= 15 is 0 Å². The van der Waals surface area contributed by atoms with E-state index in [1.54, 1.807) is 6.07 Å². The molecule has 0 spiro atoms. The van der Waals surface area contributed by atoms with Crippen molar-refractivity contribution in [2.24, 2.45) is 0 Å². The third kappa shape index (κ3) is 1.72. The first-order valence-corrected chi connectivity index (χ1v) is 7.56. The number of halogens is 1. The second kappa shape index (κ2) is 4.40. The first-order chi connectivity index (χ1) is 10.2. The summed E-state index contributed by atoms with van der Waals surface area (Å²) in [6.45, 7) is 3.84. The molecule has 4 rings (SSSR count). The predicted octanol–water partition coefficient (Wildman–Crippen LogP) is 5.20. The predicted molar refractivity (Wildman–Crippen MR) is 86.3 cm³/mol. The molecule has 104 valence electrons. The van der Waals surface area contributed by atoms with Crippen LogP contribution in [-0.2, 0) is 0 Å². The van der Waals surface area contributed by atoms with E-state index in [-0.39, 0.29) is 5.82 Å². The maximum atomic E-state index is 14.0. The lowest BCUT2D eigenvalue weighted by atomic mass is 10.0. The quantitative estimate of drug-likeness (QED) is 0.514. The molecule has 0 unspecified atom stereocenters. The van der Waals surface area contributed by atoms with Gasteiger partial charge in [-0.3, -0.25) is 0 Å². The fourth-order valence-corrected chi connectivity index (χ4v) is 3.71. The summed E-state index contributed by atoms with van der Waals surface area (Å²) >= 11 is 1.48. The highest BCUT2D eigenvalue weighted by molar-refractivity contribution is 7.13. The van der Waals surface area contributed by atoms with Crippen LogP contribution in [0.25, 0.3) is 32.2 Å². The first-order valence-electron chi connectivity index (χ1n) is 6.79. The number of H-pyrrole nitrogens is 1. The highest BCUT2D eigenvalue weighted by Gasteiger charge is 2.18. The molecule has 0 saturated carbocycles. The summed E-state index contributed by atoms with van der Waals surface area (Å²) in [6, 6.07) is 11.5. The van der Waals surface area contributed by atoms with Gasteiger partial charge in [-0.2, -0.15) is 4.37 Å². The average Bonchev–Trinajstić information content (AvgIpc) is 3.04. The summed E-state index contributed by atoms with van der Waals surface area (Å²) < 4.78 is 19.7. The Morgan fingerprint density at radius 2 is 1.90 bits per heavy atom. The monoisotopic (exact) mass is 296 g/mol. The van der Waals surface area contributed by atoms with Crippen molar-refractivity contribution in [1.82, 2.24) is 9.36 Å².